The summed E-state index contributed by atoms with van der Waals surface area (Å²) in [6, 6.07) is -0.720. The smallest absolute Gasteiger partial charge is 0.336 e. The molecule has 4 atom stereocenters. The Morgan fingerprint density at radius 3 is 2.41 bits per heavy atom. The van der Waals surface area contributed by atoms with Crippen LogP contribution < -0.4 is 33.2 Å². The van der Waals surface area contributed by atoms with Crippen molar-refractivity contribution >= 4 is 34.9 Å². The van der Waals surface area contributed by atoms with Gasteiger partial charge >= 0.3 is 12.1 Å². The normalized spacial score (nSPS) is 26.6. The van der Waals surface area contributed by atoms with Gasteiger partial charge in [-0.2, -0.15) is 15.0 Å². The van der Waals surface area contributed by atoms with Crippen molar-refractivity contribution in [2.75, 3.05) is 16.6 Å². The maximum atomic E-state index is 11.5. The van der Waals surface area contributed by atoms with E-state index in [1.807, 2.05) is 0 Å². The average Bonchev–Trinajstić information content (AvgIpc) is 3.18. The summed E-state index contributed by atoms with van der Waals surface area (Å²) in [6.45, 7) is 0.763. The monoisotopic (exact) mass is 411 g/mol. The van der Waals surface area contributed by atoms with Gasteiger partial charge in [0.05, 0.1) is 12.0 Å². The number of aromatic nitrogens is 3. The number of hydrogen-bond donors (Lipinski definition) is 7. The molecule has 1 saturated heterocycles. The summed E-state index contributed by atoms with van der Waals surface area (Å²) in [7, 11) is 0. The quantitative estimate of drug-likeness (QED) is 0.152. The van der Waals surface area contributed by atoms with Gasteiger partial charge in [0, 0.05) is 6.20 Å². The van der Waals surface area contributed by atoms with E-state index in [9.17, 15) is 24.9 Å². The Labute approximate surface area is 163 Å². The fourth-order valence-corrected chi connectivity index (χ4v) is 3.08. The van der Waals surface area contributed by atoms with Gasteiger partial charge in [0.1, 0.15) is 23.5 Å². The summed E-state index contributed by atoms with van der Waals surface area (Å²) in [6.07, 6.45) is -2.27. The SMILES string of the molecule is C[C@@]1(O)[C@H](O)[C@@H](CO)O[C@H]1n1ccc2c(N(N)C(N)=O)nc(N(N)C(N)=O)nc21. The maximum Gasteiger partial charge on any atom is 0.336 e. The Balaban J connectivity index is 2.23. The van der Waals surface area contributed by atoms with Gasteiger partial charge in [0.25, 0.3) is 5.95 Å². The molecule has 0 aliphatic carbocycles. The molecular formula is C14H21N9O6. The van der Waals surface area contributed by atoms with E-state index in [0.29, 0.717) is 10.0 Å². The lowest BCUT2D eigenvalue weighted by molar-refractivity contribution is -0.0948. The van der Waals surface area contributed by atoms with Gasteiger partial charge in [0.15, 0.2) is 12.0 Å². The van der Waals surface area contributed by atoms with E-state index in [1.54, 1.807) is 0 Å². The largest absolute Gasteiger partial charge is 0.394 e. The van der Waals surface area contributed by atoms with Crippen LogP contribution in [0.15, 0.2) is 12.3 Å². The van der Waals surface area contributed by atoms with Crippen LogP contribution in [0.4, 0.5) is 21.4 Å². The van der Waals surface area contributed by atoms with E-state index in [4.69, 9.17) is 27.9 Å². The van der Waals surface area contributed by atoms with Crippen molar-refractivity contribution in [1.29, 1.82) is 0 Å². The first-order valence-corrected chi connectivity index (χ1v) is 8.24. The zero-order chi connectivity index (χ0) is 21.7. The zero-order valence-corrected chi connectivity index (χ0v) is 15.2. The summed E-state index contributed by atoms with van der Waals surface area (Å²) >= 11 is 0. The van der Waals surface area contributed by atoms with Gasteiger partial charge in [-0.05, 0) is 13.0 Å². The van der Waals surface area contributed by atoms with Crippen LogP contribution in [0.1, 0.15) is 13.2 Å². The van der Waals surface area contributed by atoms with Crippen LogP contribution in [-0.2, 0) is 4.74 Å². The molecule has 29 heavy (non-hydrogen) atoms. The molecular weight excluding hydrogens is 390 g/mol. The van der Waals surface area contributed by atoms with Crippen LogP contribution in [0.3, 0.4) is 0 Å². The van der Waals surface area contributed by atoms with Crippen LogP contribution in [-0.4, -0.2) is 66.3 Å². The van der Waals surface area contributed by atoms with Crippen molar-refractivity contribution in [3.05, 3.63) is 12.3 Å². The minimum atomic E-state index is -1.83. The lowest BCUT2D eigenvalue weighted by Crippen LogP contribution is -2.45. The van der Waals surface area contributed by atoms with Crippen molar-refractivity contribution in [2.45, 2.75) is 31.0 Å². The second-order valence-electron chi connectivity index (χ2n) is 6.60. The highest BCUT2D eigenvalue weighted by molar-refractivity contribution is 5.99. The molecule has 0 saturated carbocycles. The number of aliphatic hydroxyl groups excluding tert-OH is 2. The zero-order valence-electron chi connectivity index (χ0n) is 15.2. The Morgan fingerprint density at radius 2 is 1.90 bits per heavy atom. The molecule has 11 N–H and O–H groups in total. The number of anilines is 2. The number of nitrogens with two attached hydrogens (primary N) is 4. The first-order chi connectivity index (χ1) is 13.5. The highest BCUT2D eigenvalue weighted by Gasteiger charge is 2.53. The number of amides is 4. The number of urea groups is 2. The molecule has 3 heterocycles. The Kier molecular flexibility index (Phi) is 5.03. The molecule has 2 aromatic heterocycles. The molecule has 15 heteroatoms. The number of primary amides is 2. The standard InChI is InChI=1S/C14H21N9O6/c1-14(28)7(25)6(4-24)29-10(14)21-3-2-5-8(21)19-13(23(18)12(16)27)20-9(5)22(17)11(15)26/h2-3,6-7,10,24-25,28H,4,17-18H2,1H3,(H2,15,26)(H2,16,27)/t6-,7-,10-,14-/m1/s1. The van der Waals surface area contributed by atoms with Crippen LogP contribution in [0.25, 0.3) is 11.0 Å². The van der Waals surface area contributed by atoms with Crippen LogP contribution in [0, 0.1) is 0 Å². The molecule has 1 aliphatic heterocycles. The molecule has 158 valence electrons. The second-order valence-corrected chi connectivity index (χ2v) is 6.60. The highest BCUT2D eigenvalue weighted by Crippen LogP contribution is 2.40. The Hall–Kier alpha value is -3.08. The summed E-state index contributed by atoms with van der Waals surface area (Å²) in [4.78, 5) is 31.1. The predicted molar refractivity (Wildman–Crippen MR) is 97.7 cm³/mol. The number of ether oxygens (including phenoxy) is 1. The summed E-state index contributed by atoms with van der Waals surface area (Å²) in [5.41, 5.74) is 8.54. The number of carbonyl (C=O) groups excluding carboxylic acids is 2. The van der Waals surface area contributed by atoms with Gasteiger partial charge in [-0.15, -0.1) is 0 Å². The van der Waals surface area contributed by atoms with Crippen LogP contribution in [0.2, 0.25) is 0 Å². The topological polar surface area (TPSA) is 245 Å². The summed E-state index contributed by atoms with van der Waals surface area (Å²) in [5, 5.41) is 31.4. The third kappa shape index (κ3) is 3.20. The summed E-state index contributed by atoms with van der Waals surface area (Å²) < 4.78 is 6.86. The molecule has 0 radical (unpaired) electrons. The molecule has 0 aromatic carbocycles. The van der Waals surface area contributed by atoms with Crippen molar-refractivity contribution in [1.82, 2.24) is 14.5 Å². The minimum absolute atomic E-state index is 0.0227. The van der Waals surface area contributed by atoms with E-state index in [2.05, 4.69) is 9.97 Å². The summed E-state index contributed by atoms with van der Waals surface area (Å²) in [5.74, 6) is 10.6. The van der Waals surface area contributed by atoms with Gasteiger partial charge < -0.3 is 36.1 Å². The molecule has 15 nitrogen and oxygen atoms in total. The minimum Gasteiger partial charge on any atom is -0.394 e. The Morgan fingerprint density at radius 1 is 1.28 bits per heavy atom. The molecule has 2 aromatic rings. The fourth-order valence-electron chi connectivity index (χ4n) is 3.08. The average molecular weight is 411 g/mol. The van der Waals surface area contributed by atoms with Crippen LogP contribution >= 0.6 is 0 Å². The van der Waals surface area contributed by atoms with E-state index < -0.39 is 48.7 Å². The van der Waals surface area contributed by atoms with Gasteiger partial charge in [-0.1, -0.05) is 0 Å². The van der Waals surface area contributed by atoms with E-state index in [0.717, 1.165) is 0 Å². The number of aliphatic hydroxyl groups is 3. The first-order valence-electron chi connectivity index (χ1n) is 8.24. The van der Waals surface area contributed by atoms with Gasteiger partial charge in [-0.3, -0.25) is 0 Å². The maximum absolute atomic E-state index is 11.5. The van der Waals surface area contributed by atoms with Crippen molar-refractivity contribution in [2.24, 2.45) is 23.2 Å². The number of rotatable bonds is 4. The molecule has 0 unspecified atom stereocenters. The van der Waals surface area contributed by atoms with E-state index >= 15 is 0 Å². The molecule has 1 aliphatic rings. The van der Waals surface area contributed by atoms with Crippen molar-refractivity contribution in [3.63, 3.8) is 0 Å². The first kappa shape index (κ1) is 20.6. The lowest BCUT2D eigenvalue weighted by Gasteiger charge is -2.28. The number of fused-ring (bicyclic) bond motifs is 1. The van der Waals surface area contributed by atoms with E-state index in [1.165, 1.54) is 23.8 Å². The highest BCUT2D eigenvalue weighted by atomic mass is 16.6. The third-order valence-corrected chi connectivity index (χ3v) is 4.65. The fraction of sp³-hybridized carbons (Fsp3) is 0.429. The Bertz CT molecular complexity index is 962. The number of carbonyl (C=O) groups is 2. The second kappa shape index (κ2) is 7.07. The molecule has 4 amide bonds. The van der Waals surface area contributed by atoms with Crippen LogP contribution in [0.5, 0.6) is 0 Å². The predicted octanol–water partition coefficient (Wildman–Crippen LogP) is -3.05. The van der Waals surface area contributed by atoms with Gasteiger partial charge in [-0.25, -0.2) is 26.3 Å². The number of hydrazine groups is 2. The lowest BCUT2D eigenvalue weighted by atomic mass is 9.96. The van der Waals surface area contributed by atoms with Crippen molar-refractivity contribution < 1.29 is 29.6 Å². The van der Waals surface area contributed by atoms with Crippen molar-refractivity contribution in [3.8, 4) is 0 Å². The van der Waals surface area contributed by atoms with Gasteiger partial charge in [0.2, 0.25) is 0 Å². The molecule has 0 spiro atoms. The third-order valence-electron chi connectivity index (χ3n) is 4.65. The van der Waals surface area contributed by atoms with E-state index in [-0.39, 0.29) is 16.9 Å². The molecule has 1 fully saturated rings. The molecule has 0 bridgehead atoms. The number of nitrogens with zero attached hydrogens (tertiary/aromatic N) is 5. The molecule has 3 rings (SSSR count). The number of hydrogen-bond acceptors (Lipinski definition) is 10.